The normalized spacial score (nSPS) is 11.7. The number of anilines is 1. The van der Waals surface area contributed by atoms with Crippen molar-refractivity contribution < 1.29 is 18.0 Å². The monoisotopic (exact) mass is 394 g/mol. The lowest BCUT2D eigenvalue weighted by molar-refractivity contribution is -0.123. The molecule has 0 atom stereocenters. The van der Waals surface area contributed by atoms with Crippen LogP contribution in [0.5, 0.6) is 0 Å². The van der Waals surface area contributed by atoms with Crippen molar-refractivity contribution in [1.29, 1.82) is 0 Å². The number of halogens is 1. The molecule has 0 aliphatic heterocycles. The van der Waals surface area contributed by atoms with Gasteiger partial charge in [0.1, 0.15) is 0 Å². The fourth-order valence-corrected chi connectivity index (χ4v) is 3.54. The minimum absolute atomic E-state index is 0.0816. The van der Waals surface area contributed by atoms with Crippen molar-refractivity contribution in [3.63, 3.8) is 0 Å². The lowest BCUT2D eigenvalue weighted by Gasteiger charge is -2.24. The molecule has 0 unspecified atom stereocenters. The predicted octanol–water partition coefficient (Wildman–Crippen LogP) is 3.08. The number of rotatable bonds is 5. The van der Waals surface area contributed by atoms with Crippen LogP contribution < -0.4 is 10.0 Å². The van der Waals surface area contributed by atoms with E-state index in [2.05, 4.69) is 10.0 Å². The van der Waals surface area contributed by atoms with E-state index in [0.29, 0.717) is 16.3 Å². The molecule has 0 aliphatic rings. The van der Waals surface area contributed by atoms with Gasteiger partial charge in [0, 0.05) is 17.6 Å². The van der Waals surface area contributed by atoms with Crippen molar-refractivity contribution >= 4 is 39.1 Å². The SMILES string of the molecule is CC(=O)Nc1ccc(S(=O)(=O)NC(=O)C(C)(C)c2cccc(Cl)c2)cc1. The van der Waals surface area contributed by atoms with E-state index in [1.165, 1.54) is 31.2 Å². The molecule has 0 aromatic heterocycles. The summed E-state index contributed by atoms with van der Waals surface area (Å²) in [6, 6.07) is 12.2. The summed E-state index contributed by atoms with van der Waals surface area (Å²) in [5, 5.41) is 3.00. The standard InChI is InChI=1S/C18H19ClN2O4S/c1-12(22)20-15-7-9-16(10-8-15)26(24,25)21-17(23)18(2,3)13-5-4-6-14(19)11-13/h4-11H,1-3H3,(H,20,22)(H,21,23). The molecule has 0 aliphatic carbocycles. The highest BCUT2D eigenvalue weighted by Gasteiger charge is 2.33. The molecule has 2 aromatic carbocycles. The van der Waals surface area contributed by atoms with Gasteiger partial charge < -0.3 is 5.32 Å². The van der Waals surface area contributed by atoms with Gasteiger partial charge in [-0.3, -0.25) is 9.59 Å². The fourth-order valence-electron chi connectivity index (χ4n) is 2.24. The topological polar surface area (TPSA) is 92.3 Å². The Morgan fingerprint density at radius 3 is 2.19 bits per heavy atom. The Hall–Kier alpha value is -2.38. The van der Waals surface area contributed by atoms with E-state index in [4.69, 9.17) is 11.6 Å². The number of hydrogen-bond acceptors (Lipinski definition) is 4. The van der Waals surface area contributed by atoms with Gasteiger partial charge in [-0.05, 0) is 55.8 Å². The Morgan fingerprint density at radius 1 is 1.04 bits per heavy atom. The number of amides is 2. The fraction of sp³-hybridized carbons (Fsp3) is 0.222. The van der Waals surface area contributed by atoms with Crippen molar-refractivity contribution in [1.82, 2.24) is 4.72 Å². The Labute approximate surface area is 157 Å². The van der Waals surface area contributed by atoms with E-state index in [-0.39, 0.29) is 10.8 Å². The van der Waals surface area contributed by atoms with Gasteiger partial charge in [-0.25, -0.2) is 13.1 Å². The lowest BCUT2D eigenvalue weighted by atomic mass is 9.84. The first-order valence-corrected chi connectivity index (χ1v) is 9.59. The van der Waals surface area contributed by atoms with Crippen LogP contribution in [0.15, 0.2) is 53.4 Å². The summed E-state index contributed by atoms with van der Waals surface area (Å²) in [5.74, 6) is -0.942. The number of carbonyl (C=O) groups excluding carboxylic acids is 2. The highest BCUT2D eigenvalue weighted by atomic mass is 35.5. The number of benzene rings is 2. The highest BCUT2D eigenvalue weighted by molar-refractivity contribution is 7.90. The summed E-state index contributed by atoms with van der Waals surface area (Å²) in [7, 11) is -4.05. The largest absolute Gasteiger partial charge is 0.326 e. The van der Waals surface area contributed by atoms with Crippen molar-refractivity contribution in [3.8, 4) is 0 Å². The van der Waals surface area contributed by atoms with Gasteiger partial charge in [-0.15, -0.1) is 0 Å². The van der Waals surface area contributed by atoms with Gasteiger partial charge in [-0.1, -0.05) is 23.7 Å². The van der Waals surface area contributed by atoms with Crippen molar-refractivity contribution in [2.45, 2.75) is 31.1 Å². The maximum Gasteiger partial charge on any atom is 0.264 e. The molecule has 0 fully saturated rings. The first-order chi connectivity index (χ1) is 12.0. The Bertz CT molecular complexity index is 938. The second kappa shape index (κ2) is 7.47. The number of carbonyl (C=O) groups is 2. The third-order valence-electron chi connectivity index (χ3n) is 3.83. The number of nitrogens with one attached hydrogen (secondary N) is 2. The molecule has 2 aromatic rings. The molecule has 8 heteroatoms. The van der Waals surface area contributed by atoms with Gasteiger partial charge in [0.05, 0.1) is 10.3 Å². The quantitative estimate of drug-likeness (QED) is 0.815. The van der Waals surface area contributed by atoms with Crippen LogP contribution in [0.25, 0.3) is 0 Å². The van der Waals surface area contributed by atoms with Gasteiger partial charge in [-0.2, -0.15) is 0 Å². The third-order valence-corrected chi connectivity index (χ3v) is 5.41. The molecule has 0 heterocycles. The van der Waals surface area contributed by atoms with E-state index in [1.54, 1.807) is 38.1 Å². The molecular weight excluding hydrogens is 376 g/mol. The zero-order chi connectivity index (χ0) is 19.5. The molecule has 0 saturated heterocycles. The Morgan fingerprint density at radius 2 is 1.65 bits per heavy atom. The minimum Gasteiger partial charge on any atom is -0.326 e. The zero-order valence-corrected chi connectivity index (χ0v) is 16.1. The first kappa shape index (κ1) is 19.9. The average Bonchev–Trinajstić information content (AvgIpc) is 2.54. The van der Waals surface area contributed by atoms with Gasteiger partial charge in [0.25, 0.3) is 10.0 Å². The van der Waals surface area contributed by atoms with Gasteiger partial charge >= 0.3 is 0 Å². The third kappa shape index (κ3) is 4.62. The summed E-state index contributed by atoms with van der Waals surface area (Å²) >= 11 is 5.96. The summed E-state index contributed by atoms with van der Waals surface area (Å²) in [6.07, 6.45) is 0. The van der Waals surface area contributed by atoms with E-state index < -0.39 is 21.3 Å². The second-order valence-corrected chi connectivity index (χ2v) is 8.39. The van der Waals surface area contributed by atoms with Crippen LogP contribution in [0.2, 0.25) is 5.02 Å². The average molecular weight is 395 g/mol. The van der Waals surface area contributed by atoms with Crippen LogP contribution in [0, 0.1) is 0 Å². The van der Waals surface area contributed by atoms with Crippen molar-refractivity contribution in [2.75, 3.05) is 5.32 Å². The van der Waals surface area contributed by atoms with Crippen LogP contribution in [0.4, 0.5) is 5.69 Å². The Balaban J connectivity index is 2.22. The van der Waals surface area contributed by atoms with Gasteiger partial charge in [0.2, 0.25) is 11.8 Å². The van der Waals surface area contributed by atoms with Crippen LogP contribution in [0.3, 0.4) is 0 Å². The molecule has 26 heavy (non-hydrogen) atoms. The summed E-state index contributed by atoms with van der Waals surface area (Å²) in [6.45, 7) is 4.58. The van der Waals surface area contributed by atoms with E-state index >= 15 is 0 Å². The van der Waals surface area contributed by atoms with Crippen LogP contribution in [-0.4, -0.2) is 20.2 Å². The molecule has 2 N–H and O–H groups in total. The Kier molecular flexibility index (Phi) is 5.73. The molecule has 2 amide bonds. The second-order valence-electron chi connectivity index (χ2n) is 6.28. The van der Waals surface area contributed by atoms with Gasteiger partial charge in [0.15, 0.2) is 0 Å². The maximum atomic E-state index is 12.6. The van der Waals surface area contributed by atoms with Crippen molar-refractivity contribution in [3.05, 3.63) is 59.1 Å². The van der Waals surface area contributed by atoms with Crippen LogP contribution >= 0.6 is 11.6 Å². The van der Waals surface area contributed by atoms with E-state index in [9.17, 15) is 18.0 Å². The molecule has 0 bridgehead atoms. The maximum absolute atomic E-state index is 12.6. The van der Waals surface area contributed by atoms with Crippen LogP contribution in [0.1, 0.15) is 26.3 Å². The number of hydrogen-bond donors (Lipinski definition) is 2. The van der Waals surface area contributed by atoms with Crippen molar-refractivity contribution in [2.24, 2.45) is 0 Å². The smallest absolute Gasteiger partial charge is 0.264 e. The summed E-state index contributed by atoms with van der Waals surface area (Å²) in [5.41, 5.74) is -0.0468. The molecule has 6 nitrogen and oxygen atoms in total. The summed E-state index contributed by atoms with van der Waals surface area (Å²) in [4.78, 5) is 23.5. The molecule has 0 spiro atoms. The zero-order valence-electron chi connectivity index (χ0n) is 14.5. The molecule has 2 rings (SSSR count). The lowest BCUT2D eigenvalue weighted by Crippen LogP contribution is -2.43. The predicted molar refractivity (Wildman–Crippen MR) is 101 cm³/mol. The van der Waals surface area contributed by atoms with Crippen LogP contribution in [-0.2, 0) is 25.0 Å². The van der Waals surface area contributed by atoms with E-state index in [0.717, 1.165) is 0 Å². The molecule has 0 saturated carbocycles. The van der Waals surface area contributed by atoms with E-state index in [1.807, 2.05) is 0 Å². The minimum atomic E-state index is -4.05. The first-order valence-electron chi connectivity index (χ1n) is 7.73. The number of sulfonamides is 1. The molecule has 138 valence electrons. The molecular formula is C18H19ClN2O4S. The molecule has 0 radical (unpaired) electrons. The summed E-state index contributed by atoms with van der Waals surface area (Å²) < 4.78 is 27.0. The highest BCUT2D eigenvalue weighted by Crippen LogP contribution is 2.26.